The number of hydrogen-bond donors (Lipinski definition) is 3. The highest BCUT2D eigenvalue weighted by atomic mass is 16.5. The zero-order chi connectivity index (χ0) is 24.2. The summed E-state index contributed by atoms with van der Waals surface area (Å²) in [7, 11) is 0. The molecular formula is C27H32N2O5. The highest BCUT2D eigenvalue weighted by Gasteiger charge is 2.50. The van der Waals surface area contributed by atoms with Gasteiger partial charge in [-0.1, -0.05) is 55.0 Å². The van der Waals surface area contributed by atoms with Crippen molar-refractivity contribution >= 4 is 11.8 Å². The minimum Gasteiger partial charge on any atom is -0.486 e. The van der Waals surface area contributed by atoms with E-state index in [0.29, 0.717) is 30.7 Å². The second-order valence-electron chi connectivity index (χ2n) is 8.94. The van der Waals surface area contributed by atoms with Crippen LogP contribution in [0.5, 0.6) is 5.75 Å². The molecule has 4 rings (SSSR count). The number of fused-ring (bicyclic) bond motifs is 3. The second-order valence-corrected chi connectivity index (χ2v) is 8.94. The van der Waals surface area contributed by atoms with Gasteiger partial charge in [-0.3, -0.25) is 9.59 Å². The highest BCUT2D eigenvalue weighted by molar-refractivity contribution is 5.96. The number of rotatable bonds is 8. The molecule has 0 saturated carbocycles. The standard InChI is InChI=1S/C27H32N2O5/c1-3-6-23(31)29(16-18-11-9-17(2)10-12-18)21-15-20(27(33)28-13-14-30)24-19-7-4-5-8-22(19)34-26(24)25(21)32/h4-5,7-12,15,21,24-26,30,32H,3,6,13-14,16H2,1-2H3,(H,28,33). The summed E-state index contributed by atoms with van der Waals surface area (Å²) in [6.07, 6.45) is 1.01. The number of ether oxygens (including phenoxy) is 1. The van der Waals surface area contributed by atoms with Crippen LogP contribution < -0.4 is 10.1 Å². The van der Waals surface area contributed by atoms with Crippen LogP contribution in [-0.2, 0) is 16.1 Å². The number of amides is 2. The van der Waals surface area contributed by atoms with E-state index in [9.17, 15) is 19.8 Å². The molecule has 0 spiro atoms. The molecule has 0 fully saturated rings. The van der Waals surface area contributed by atoms with Crippen molar-refractivity contribution in [2.45, 2.75) is 57.4 Å². The Kier molecular flexibility index (Phi) is 7.34. The van der Waals surface area contributed by atoms with E-state index in [1.807, 2.05) is 62.4 Å². The van der Waals surface area contributed by atoms with Gasteiger partial charge >= 0.3 is 0 Å². The molecule has 4 atom stereocenters. The van der Waals surface area contributed by atoms with Crippen LogP contribution in [0, 0.1) is 6.92 Å². The van der Waals surface area contributed by atoms with Crippen molar-refractivity contribution in [2.75, 3.05) is 13.2 Å². The summed E-state index contributed by atoms with van der Waals surface area (Å²) in [5.74, 6) is -0.251. The molecule has 3 N–H and O–H groups in total. The van der Waals surface area contributed by atoms with E-state index in [4.69, 9.17) is 4.74 Å². The Morgan fingerprint density at radius 1 is 1.12 bits per heavy atom. The first-order chi connectivity index (χ1) is 16.4. The molecule has 0 saturated heterocycles. The van der Waals surface area contributed by atoms with Crippen LogP contribution in [0.1, 0.15) is 42.4 Å². The number of nitrogens with zero attached hydrogens (tertiary/aromatic N) is 1. The van der Waals surface area contributed by atoms with E-state index in [2.05, 4.69) is 5.32 Å². The van der Waals surface area contributed by atoms with Gasteiger partial charge in [0.1, 0.15) is 18.0 Å². The summed E-state index contributed by atoms with van der Waals surface area (Å²) in [6, 6.07) is 14.6. The fourth-order valence-electron chi connectivity index (χ4n) is 4.80. The van der Waals surface area contributed by atoms with Crippen molar-refractivity contribution < 1.29 is 24.5 Å². The van der Waals surface area contributed by atoms with Gasteiger partial charge in [0.2, 0.25) is 11.8 Å². The Bertz CT molecular complexity index is 1060. The van der Waals surface area contributed by atoms with Crippen molar-refractivity contribution in [3.05, 3.63) is 76.9 Å². The molecular weight excluding hydrogens is 432 g/mol. The van der Waals surface area contributed by atoms with Gasteiger partial charge in [-0.15, -0.1) is 0 Å². The van der Waals surface area contributed by atoms with Crippen LogP contribution in [0.4, 0.5) is 0 Å². The number of carbonyl (C=O) groups excluding carboxylic acids is 2. The lowest BCUT2D eigenvalue weighted by Gasteiger charge is -2.41. The molecule has 4 unspecified atom stereocenters. The molecule has 0 aromatic heterocycles. The Hall–Kier alpha value is -3.16. The number of para-hydroxylation sites is 1. The third kappa shape index (κ3) is 4.72. The minimum atomic E-state index is -1.02. The molecule has 180 valence electrons. The monoisotopic (exact) mass is 464 g/mol. The van der Waals surface area contributed by atoms with E-state index in [-0.39, 0.29) is 25.0 Å². The Balaban J connectivity index is 1.74. The normalized spacial score (nSPS) is 22.8. The van der Waals surface area contributed by atoms with Gasteiger partial charge in [0.05, 0.1) is 18.6 Å². The highest BCUT2D eigenvalue weighted by Crippen LogP contribution is 2.47. The van der Waals surface area contributed by atoms with Gasteiger partial charge in [0.25, 0.3) is 0 Å². The first kappa shape index (κ1) is 24.0. The van der Waals surface area contributed by atoms with Gasteiger partial charge in [-0.25, -0.2) is 0 Å². The average Bonchev–Trinajstić information content (AvgIpc) is 3.23. The van der Waals surface area contributed by atoms with Gasteiger partial charge in [0.15, 0.2) is 0 Å². The van der Waals surface area contributed by atoms with Crippen molar-refractivity contribution in [1.82, 2.24) is 10.2 Å². The van der Waals surface area contributed by atoms with Crippen LogP contribution in [0.2, 0.25) is 0 Å². The van der Waals surface area contributed by atoms with Gasteiger partial charge in [0, 0.05) is 30.6 Å². The van der Waals surface area contributed by atoms with Crippen molar-refractivity contribution in [2.24, 2.45) is 0 Å². The Morgan fingerprint density at radius 3 is 2.56 bits per heavy atom. The maximum Gasteiger partial charge on any atom is 0.247 e. The zero-order valence-corrected chi connectivity index (χ0v) is 19.6. The number of aliphatic hydroxyl groups is 2. The summed E-state index contributed by atoms with van der Waals surface area (Å²) in [4.78, 5) is 28.0. The second kappa shape index (κ2) is 10.4. The van der Waals surface area contributed by atoms with Crippen LogP contribution in [0.15, 0.2) is 60.2 Å². The molecule has 0 bridgehead atoms. The number of benzene rings is 2. The van der Waals surface area contributed by atoms with Crippen molar-refractivity contribution in [3.63, 3.8) is 0 Å². The van der Waals surface area contributed by atoms with Crippen LogP contribution in [0.3, 0.4) is 0 Å². The SMILES string of the molecule is CCCC(=O)N(Cc1ccc(C)cc1)C1C=C(C(=O)NCCO)C2c3ccccc3OC2C1O. The molecule has 34 heavy (non-hydrogen) atoms. The fourth-order valence-corrected chi connectivity index (χ4v) is 4.80. The van der Waals surface area contributed by atoms with E-state index < -0.39 is 24.2 Å². The van der Waals surface area contributed by atoms with Crippen LogP contribution >= 0.6 is 0 Å². The predicted octanol–water partition coefficient (Wildman–Crippen LogP) is 2.45. The van der Waals surface area contributed by atoms with Gasteiger partial charge in [-0.2, -0.15) is 0 Å². The number of carbonyl (C=O) groups is 2. The fraction of sp³-hybridized carbons (Fsp3) is 0.407. The Labute approximate surface area is 200 Å². The Morgan fingerprint density at radius 2 is 1.85 bits per heavy atom. The molecule has 2 aromatic carbocycles. The third-order valence-corrected chi connectivity index (χ3v) is 6.49. The minimum absolute atomic E-state index is 0.0903. The molecule has 0 radical (unpaired) electrons. The van der Waals surface area contributed by atoms with Gasteiger partial charge < -0.3 is 25.2 Å². The van der Waals surface area contributed by atoms with E-state index >= 15 is 0 Å². The van der Waals surface area contributed by atoms with Crippen molar-refractivity contribution in [3.8, 4) is 5.75 Å². The zero-order valence-electron chi connectivity index (χ0n) is 19.6. The van der Waals surface area contributed by atoms with E-state index in [1.54, 1.807) is 11.0 Å². The molecule has 7 heteroatoms. The lowest BCUT2D eigenvalue weighted by Crippen LogP contribution is -2.55. The number of nitrogens with one attached hydrogen (secondary N) is 1. The maximum atomic E-state index is 13.2. The molecule has 1 heterocycles. The van der Waals surface area contributed by atoms with Crippen LogP contribution in [0.25, 0.3) is 0 Å². The molecule has 1 aliphatic heterocycles. The summed E-state index contributed by atoms with van der Waals surface area (Å²) >= 11 is 0. The summed E-state index contributed by atoms with van der Waals surface area (Å²) < 4.78 is 6.14. The summed E-state index contributed by atoms with van der Waals surface area (Å²) in [6.45, 7) is 4.19. The summed E-state index contributed by atoms with van der Waals surface area (Å²) in [5.41, 5.74) is 3.34. The predicted molar refractivity (Wildman–Crippen MR) is 128 cm³/mol. The first-order valence-corrected chi connectivity index (χ1v) is 11.8. The first-order valence-electron chi connectivity index (χ1n) is 11.8. The topological polar surface area (TPSA) is 99.1 Å². The van der Waals surface area contributed by atoms with Crippen LogP contribution in [-0.4, -0.2) is 58.3 Å². The quantitative estimate of drug-likeness (QED) is 0.557. The number of hydrogen-bond acceptors (Lipinski definition) is 5. The summed E-state index contributed by atoms with van der Waals surface area (Å²) in [5, 5.41) is 23.4. The molecule has 7 nitrogen and oxygen atoms in total. The maximum absolute atomic E-state index is 13.2. The molecule has 1 aliphatic carbocycles. The number of aliphatic hydroxyl groups excluding tert-OH is 2. The molecule has 2 amide bonds. The lowest BCUT2D eigenvalue weighted by atomic mass is 9.77. The van der Waals surface area contributed by atoms with E-state index in [0.717, 1.165) is 16.7 Å². The van der Waals surface area contributed by atoms with E-state index in [1.165, 1.54) is 0 Å². The van der Waals surface area contributed by atoms with Crippen molar-refractivity contribution in [1.29, 1.82) is 0 Å². The smallest absolute Gasteiger partial charge is 0.247 e. The average molecular weight is 465 g/mol. The molecule has 2 aromatic rings. The lowest BCUT2D eigenvalue weighted by molar-refractivity contribution is -0.138. The molecule has 2 aliphatic rings. The third-order valence-electron chi connectivity index (χ3n) is 6.49. The largest absolute Gasteiger partial charge is 0.486 e. The number of aryl methyl sites for hydroxylation is 1. The van der Waals surface area contributed by atoms with Gasteiger partial charge in [-0.05, 0) is 31.1 Å².